The molecule has 0 saturated carbocycles. The topological polar surface area (TPSA) is 24.1 Å². The molecule has 2 aromatic rings. The van der Waals surface area contributed by atoms with E-state index >= 15 is 0 Å². The maximum absolute atomic E-state index is 3.97. The van der Waals surface area contributed by atoms with E-state index in [0.717, 1.165) is 6.54 Å². The van der Waals surface area contributed by atoms with Crippen LogP contribution in [-0.2, 0) is 12.8 Å². The molecule has 2 heteroatoms. The van der Waals surface area contributed by atoms with Crippen LogP contribution < -0.4 is 10.6 Å². The quantitative estimate of drug-likeness (QED) is 0.817. The van der Waals surface area contributed by atoms with Crippen LogP contribution in [0, 0.1) is 5.92 Å². The van der Waals surface area contributed by atoms with Gasteiger partial charge in [0.15, 0.2) is 0 Å². The average Bonchev–Trinajstić information content (AvgIpc) is 3.11. The average molecular weight is 304 g/mol. The number of anilines is 1. The Balaban J connectivity index is 1.64. The molecule has 23 heavy (non-hydrogen) atoms. The second kappa shape index (κ2) is 5.38. The summed E-state index contributed by atoms with van der Waals surface area (Å²) in [6.45, 7) is 1.14. The highest BCUT2D eigenvalue weighted by Gasteiger charge is 2.41. The van der Waals surface area contributed by atoms with E-state index in [9.17, 15) is 0 Å². The molecule has 1 saturated heterocycles. The Bertz CT molecular complexity index is 722. The fraction of sp³-hybridized carbons (Fsp3) is 0.429. The lowest BCUT2D eigenvalue weighted by molar-refractivity contribution is 0.389. The van der Waals surface area contributed by atoms with Gasteiger partial charge in [-0.3, -0.25) is 0 Å². The lowest BCUT2D eigenvalue weighted by Gasteiger charge is -2.39. The number of nitrogens with one attached hydrogen (secondary N) is 2. The second-order valence-corrected chi connectivity index (χ2v) is 7.29. The van der Waals surface area contributed by atoms with Gasteiger partial charge in [0, 0.05) is 17.6 Å². The van der Waals surface area contributed by atoms with Crippen LogP contribution in [0.5, 0.6) is 0 Å². The van der Waals surface area contributed by atoms with E-state index in [4.69, 9.17) is 0 Å². The van der Waals surface area contributed by atoms with Gasteiger partial charge in [0.2, 0.25) is 0 Å². The summed E-state index contributed by atoms with van der Waals surface area (Å²) in [5.74, 6) is 0.659. The number of aryl methyl sites for hydroxylation is 1. The predicted molar refractivity (Wildman–Crippen MR) is 94.7 cm³/mol. The van der Waals surface area contributed by atoms with Crippen molar-refractivity contribution >= 4 is 5.69 Å². The summed E-state index contributed by atoms with van der Waals surface area (Å²) in [6.07, 6.45) is 6.43. The first-order valence-electron chi connectivity index (χ1n) is 9.11. The molecule has 0 unspecified atom stereocenters. The molecule has 118 valence electrons. The lowest BCUT2D eigenvalue weighted by atomic mass is 9.77. The highest BCUT2D eigenvalue weighted by atomic mass is 15.0. The molecule has 0 aromatic heterocycles. The molecule has 2 aliphatic heterocycles. The number of benzene rings is 2. The lowest BCUT2D eigenvalue weighted by Crippen LogP contribution is -2.33. The van der Waals surface area contributed by atoms with E-state index < -0.39 is 0 Å². The van der Waals surface area contributed by atoms with Crippen molar-refractivity contribution in [1.82, 2.24) is 5.32 Å². The zero-order valence-electron chi connectivity index (χ0n) is 13.5. The molecule has 2 nitrogen and oxygen atoms in total. The monoisotopic (exact) mass is 304 g/mol. The molecule has 2 aromatic carbocycles. The van der Waals surface area contributed by atoms with Crippen LogP contribution in [0.25, 0.3) is 0 Å². The van der Waals surface area contributed by atoms with E-state index in [2.05, 4.69) is 53.1 Å². The first-order chi connectivity index (χ1) is 11.4. The molecule has 2 N–H and O–H groups in total. The van der Waals surface area contributed by atoms with Gasteiger partial charge >= 0.3 is 0 Å². The molecular formula is C21H24N2. The summed E-state index contributed by atoms with van der Waals surface area (Å²) < 4.78 is 0. The molecule has 0 bridgehead atoms. The molecule has 0 spiro atoms. The van der Waals surface area contributed by atoms with E-state index in [1.807, 2.05) is 0 Å². The molecule has 0 amide bonds. The highest BCUT2D eigenvalue weighted by Crippen LogP contribution is 2.49. The minimum atomic E-state index is 0.442. The molecule has 1 aliphatic carbocycles. The maximum Gasteiger partial charge on any atom is 0.0560 e. The Morgan fingerprint density at radius 3 is 2.65 bits per heavy atom. The van der Waals surface area contributed by atoms with Gasteiger partial charge in [-0.2, -0.15) is 0 Å². The number of hydrogen-bond acceptors (Lipinski definition) is 2. The van der Waals surface area contributed by atoms with Crippen molar-refractivity contribution in [2.24, 2.45) is 5.92 Å². The van der Waals surface area contributed by atoms with Crippen molar-refractivity contribution in [2.45, 2.75) is 44.2 Å². The van der Waals surface area contributed by atoms with Crippen LogP contribution in [0.4, 0.5) is 5.69 Å². The van der Waals surface area contributed by atoms with Crippen LogP contribution in [0.2, 0.25) is 0 Å². The Labute approximate surface area is 138 Å². The molecule has 0 radical (unpaired) electrons. The molecular weight excluding hydrogens is 280 g/mol. The number of fused-ring (bicyclic) bond motifs is 5. The SMILES string of the molecule is c1ccc([C@@H]2Nc3c(ccc4c3CCCC4)[C@@H]3NCC[C@H]23)cc1. The second-order valence-electron chi connectivity index (χ2n) is 7.29. The van der Waals surface area contributed by atoms with Crippen molar-refractivity contribution in [1.29, 1.82) is 0 Å². The fourth-order valence-electron chi connectivity index (χ4n) is 4.95. The fourth-order valence-corrected chi connectivity index (χ4v) is 4.95. The summed E-state index contributed by atoms with van der Waals surface area (Å²) in [6, 6.07) is 16.8. The minimum Gasteiger partial charge on any atom is -0.377 e. The molecule has 3 atom stereocenters. The Kier molecular flexibility index (Phi) is 3.19. The number of rotatable bonds is 1. The smallest absolute Gasteiger partial charge is 0.0560 e. The van der Waals surface area contributed by atoms with Gasteiger partial charge in [-0.25, -0.2) is 0 Å². The van der Waals surface area contributed by atoms with Crippen LogP contribution in [-0.4, -0.2) is 6.54 Å². The molecule has 5 rings (SSSR count). The first-order valence-corrected chi connectivity index (χ1v) is 9.11. The molecule has 3 aliphatic rings. The van der Waals surface area contributed by atoms with Crippen molar-refractivity contribution in [2.75, 3.05) is 11.9 Å². The number of hydrogen-bond donors (Lipinski definition) is 2. The summed E-state index contributed by atoms with van der Waals surface area (Å²) >= 11 is 0. The summed E-state index contributed by atoms with van der Waals surface area (Å²) in [5.41, 5.74) is 7.57. The van der Waals surface area contributed by atoms with Crippen LogP contribution >= 0.6 is 0 Å². The third-order valence-electron chi connectivity index (χ3n) is 6.06. The highest BCUT2D eigenvalue weighted by molar-refractivity contribution is 5.65. The zero-order chi connectivity index (χ0) is 15.2. The van der Waals surface area contributed by atoms with E-state index in [1.54, 1.807) is 11.1 Å². The van der Waals surface area contributed by atoms with E-state index in [-0.39, 0.29) is 0 Å². The van der Waals surface area contributed by atoms with Crippen molar-refractivity contribution in [3.63, 3.8) is 0 Å². The van der Waals surface area contributed by atoms with Gasteiger partial charge in [-0.15, -0.1) is 0 Å². The predicted octanol–water partition coefficient (Wildman–Crippen LogP) is 4.38. The van der Waals surface area contributed by atoms with Gasteiger partial charge in [0.05, 0.1) is 6.04 Å². The van der Waals surface area contributed by atoms with Gasteiger partial charge in [-0.05, 0) is 60.9 Å². The molecule has 1 fully saturated rings. The first kappa shape index (κ1) is 13.6. The Morgan fingerprint density at radius 2 is 1.74 bits per heavy atom. The maximum atomic E-state index is 3.97. The van der Waals surface area contributed by atoms with Gasteiger partial charge in [-0.1, -0.05) is 42.5 Å². The summed E-state index contributed by atoms with van der Waals surface area (Å²) in [7, 11) is 0. The van der Waals surface area contributed by atoms with Crippen molar-refractivity contribution in [3.8, 4) is 0 Å². The third kappa shape index (κ3) is 2.12. The Morgan fingerprint density at radius 1 is 0.870 bits per heavy atom. The summed E-state index contributed by atoms with van der Waals surface area (Å²) in [5, 5.41) is 7.75. The van der Waals surface area contributed by atoms with Crippen LogP contribution in [0.3, 0.4) is 0 Å². The van der Waals surface area contributed by atoms with Crippen LogP contribution in [0.1, 0.15) is 53.6 Å². The molecule has 2 heterocycles. The van der Waals surface area contributed by atoms with Gasteiger partial charge < -0.3 is 10.6 Å². The normalized spacial score (nSPS) is 28.4. The van der Waals surface area contributed by atoms with Crippen LogP contribution in [0.15, 0.2) is 42.5 Å². The van der Waals surface area contributed by atoms with Crippen molar-refractivity contribution < 1.29 is 0 Å². The van der Waals surface area contributed by atoms with Gasteiger partial charge in [0.25, 0.3) is 0 Å². The van der Waals surface area contributed by atoms with Crippen molar-refractivity contribution in [3.05, 3.63) is 64.7 Å². The van der Waals surface area contributed by atoms with E-state index in [0.29, 0.717) is 18.0 Å². The van der Waals surface area contributed by atoms with Gasteiger partial charge in [0.1, 0.15) is 0 Å². The largest absolute Gasteiger partial charge is 0.377 e. The van der Waals surface area contributed by atoms with E-state index in [1.165, 1.54) is 48.9 Å². The zero-order valence-corrected chi connectivity index (χ0v) is 13.5. The third-order valence-corrected chi connectivity index (χ3v) is 6.06. The Hall–Kier alpha value is -1.80. The standard InChI is InChI=1S/C21H24N2/c1-2-7-15(8-3-1)19-18-12-13-22-20(18)17-11-10-14-6-4-5-9-16(14)21(17)23-19/h1-3,7-8,10-11,18-20,22-23H,4-6,9,12-13H2/t18-,19+,20+/m1/s1. The minimum absolute atomic E-state index is 0.442. The summed E-state index contributed by atoms with van der Waals surface area (Å²) in [4.78, 5) is 0.